The monoisotopic (exact) mass is 337 g/mol. The van der Waals surface area contributed by atoms with E-state index in [9.17, 15) is 9.59 Å². The van der Waals surface area contributed by atoms with Crippen molar-refractivity contribution in [1.82, 2.24) is 10.6 Å². The number of halogens is 1. The molecule has 1 saturated carbocycles. The molecule has 1 aliphatic carbocycles. The lowest BCUT2D eigenvalue weighted by atomic mass is 10.0. The molecule has 5 nitrogen and oxygen atoms in total. The summed E-state index contributed by atoms with van der Waals surface area (Å²) in [6.07, 6.45) is 2.19. The molecule has 2 amide bonds. The molecule has 0 aliphatic heterocycles. The van der Waals surface area contributed by atoms with Crippen LogP contribution >= 0.6 is 11.6 Å². The zero-order valence-electron chi connectivity index (χ0n) is 13.5. The summed E-state index contributed by atoms with van der Waals surface area (Å²) < 4.78 is 0. The molecular formula is C17H24ClN3O2. The third-order valence-electron chi connectivity index (χ3n) is 4.08. The van der Waals surface area contributed by atoms with E-state index in [1.165, 1.54) is 0 Å². The number of amides is 2. The lowest BCUT2D eigenvalue weighted by Crippen LogP contribution is -2.47. The summed E-state index contributed by atoms with van der Waals surface area (Å²) in [7, 11) is 0. The molecule has 1 aromatic carbocycles. The quantitative estimate of drug-likeness (QED) is 0.711. The largest absolute Gasteiger partial charge is 0.347 e. The molecule has 0 saturated heterocycles. The Labute approximate surface area is 142 Å². The minimum absolute atomic E-state index is 0.0320. The van der Waals surface area contributed by atoms with Crippen LogP contribution in [0.25, 0.3) is 0 Å². The summed E-state index contributed by atoms with van der Waals surface area (Å²) in [4.78, 5) is 23.9. The Morgan fingerprint density at radius 1 is 1.26 bits per heavy atom. The van der Waals surface area contributed by atoms with Crippen molar-refractivity contribution in [2.75, 3.05) is 6.54 Å². The van der Waals surface area contributed by atoms with Gasteiger partial charge in [-0.05, 0) is 42.4 Å². The zero-order valence-corrected chi connectivity index (χ0v) is 14.3. The van der Waals surface area contributed by atoms with Gasteiger partial charge in [0.15, 0.2) is 0 Å². The van der Waals surface area contributed by atoms with Gasteiger partial charge in [-0.1, -0.05) is 37.6 Å². The second-order valence-corrected chi connectivity index (χ2v) is 6.86. The van der Waals surface area contributed by atoms with Crippen molar-refractivity contribution in [1.29, 1.82) is 0 Å². The highest BCUT2D eigenvalue weighted by Crippen LogP contribution is 2.41. The standard InChI is InChI=1S/C17H24ClN3O2/c1-10(2)15(19)17(23)20-9-14(22)21-16(11-3-4-11)12-5-7-13(18)8-6-12/h5-8,10-11,15-16H,3-4,9,19H2,1-2H3,(H,20,23)(H,21,22)/t15-,16?/m0/s1. The van der Waals surface area contributed by atoms with E-state index in [0.29, 0.717) is 10.9 Å². The smallest absolute Gasteiger partial charge is 0.239 e. The first kappa shape index (κ1) is 17.8. The van der Waals surface area contributed by atoms with E-state index in [1.807, 2.05) is 38.1 Å². The van der Waals surface area contributed by atoms with Crippen molar-refractivity contribution in [2.24, 2.45) is 17.6 Å². The number of carbonyl (C=O) groups is 2. The molecule has 0 heterocycles. The average molecular weight is 338 g/mol. The maximum atomic E-state index is 12.1. The Kier molecular flexibility index (Phi) is 6.02. The molecule has 6 heteroatoms. The zero-order chi connectivity index (χ0) is 17.0. The highest BCUT2D eigenvalue weighted by Gasteiger charge is 2.33. The van der Waals surface area contributed by atoms with Crippen LogP contribution in [0.2, 0.25) is 5.02 Å². The first-order chi connectivity index (χ1) is 10.9. The summed E-state index contributed by atoms with van der Waals surface area (Å²) in [5.74, 6) is -0.0224. The summed E-state index contributed by atoms with van der Waals surface area (Å²) in [6, 6.07) is 6.87. The Morgan fingerprint density at radius 2 is 1.87 bits per heavy atom. The van der Waals surface area contributed by atoms with Gasteiger partial charge in [-0.3, -0.25) is 9.59 Å². The minimum Gasteiger partial charge on any atom is -0.347 e. The first-order valence-electron chi connectivity index (χ1n) is 7.96. The van der Waals surface area contributed by atoms with Crippen LogP contribution in [0.1, 0.15) is 38.3 Å². The van der Waals surface area contributed by atoms with Crippen LogP contribution in [-0.4, -0.2) is 24.4 Å². The fraction of sp³-hybridized carbons (Fsp3) is 0.529. The molecule has 126 valence electrons. The Morgan fingerprint density at radius 3 is 2.39 bits per heavy atom. The van der Waals surface area contributed by atoms with Gasteiger partial charge in [0.25, 0.3) is 0 Å². The van der Waals surface area contributed by atoms with Crippen molar-refractivity contribution in [3.8, 4) is 0 Å². The fourth-order valence-electron chi connectivity index (χ4n) is 2.39. The minimum atomic E-state index is -0.599. The molecule has 1 aromatic rings. The third kappa shape index (κ3) is 5.22. The van der Waals surface area contributed by atoms with Crippen LogP contribution in [0.4, 0.5) is 0 Å². The molecule has 0 radical (unpaired) electrons. The molecule has 2 rings (SSSR count). The third-order valence-corrected chi connectivity index (χ3v) is 4.34. The van der Waals surface area contributed by atoms with E-state index in [0.717, 1.165) is 18.4 Å². The lowest BCUT2D eigenvalue weighted by Gasteiger charge is -2.20. The molecule has 1 aliphatic rings. The topological polar surface area (TPSA) is 84.2 Å². The van der Waals surface area contributed by atoms with Crippen LogP contribution in [0.3, 0.4) is 0 Å². The van der Waals surface area contributed by atoms with Gasteiger partial charge in [0, 0.05) is 5.02 Å². The van der Waals surface area contributed by atoms with Gasteiger partial charge in [-0.2, -0.15) is 0 Å². The van der Waals surface area contributed by atoms with Crippen LogP contribution in [-0.2, 0) is 9.59 Å². The number of nitrogens with one attached hydrogen (secondary N) is 2. The van der Waals surface area contributed by atoms with Gasteiger partial charge in [0.05, 0.1) is 18.6 Å². The van der Waals surface area contributed by atoms with Gasteiger partial charge in [-0.25, -0.2) is 0 Å². The summed E-state index contributed by atoms with van der Waals surface area (Å²) in [5, 5.41) is 6.26. The summed E-state index contributed by atoms with van der Waals surface area (Å²) in [5.41, 5.74) is 6.79. The van der Waals surface area contributed by atoms with E-state index < -0.39 is 6.04 Å². The van der Waals surface area contributed by atoms with Crippen LogP contribution in [0, 0.1) is 11.8 Å². The number of rotatable bonds is 7. The predicted octanol–water partition coefficient (Wildman–Crippen LogP) is 2.01. The Hall–Kier alpha value is -1.59. The molecule has 4 N–H and O–H groups in total. The van der Waals surface area contributed by atoms with Gasteiger partial charge in [-0.15, -0.1) is 0 Å². The molecule has 0 spiro atoms. The van der Waals surface area contributed by atoms with Crippen LogP contribution in [0.15, 0.2) is 24.3 Å². The van der Waals surface area contributed by atoms with Gasteiger partial charge < -0.3 is 16.4 Å². The maximum Gasteiger partial charge on any atom is 0.239 e. The molecule has 1 fully saturated rings. The van der Waals surface area contributed by atoms with Gasteiger partial charge in [0.1, 0.15) is 0 Å². The van der Waals surface area contributed by atoms with E-state index in [2.05, 4.69) is 10.6 Å². The number of hydrogen-bond acceptors (Lipinski definition) is 3. The number of nitrogens with two attached hydrogens (primary N) is 1. The summed E-state index contributed by atoms with van der Waals surface area (Å²) >= 11 is 5.91. The van der Waals surface area contributed by atoms with Gasteiger partial charge >= 0.3 is 0 Å². The normalized spacial score (nSPS) is 16.7. The number of hydrogen-bond donors (Lipinski definition) is 3. The van der Waals surface area contributed by atoms with Crippen LogP contribution < -0.4 is 16.4 Å². The summed E-state index contributed by atoms with van der Waals surface area (Å²) in [6.45, 7) is 3.68. The molecule has 0 bridgehead atoms. The van der Waals surface area contributed by atoms with Crippen molar-refractivity contribution < 1.29 is 9.59 Å². The van der Waals surface area contributed by atoms with E-state index in [4.69, 9.17) is 17.3 Å². The first-order valence-corrected chi connectivity index (χ1v) is 8.34. The molecule has 1 unspecified atom stereocenters. The average Bonchev–Trinajstić information content (AvgIpc) is 3.35. The highest BCUT2D eigenvalue weighted by molar-refractivity contribution is 6.30. The van der Waals surface area contributed by atoms with E-state index >= 15 is 0 Å². The van der Waals surface area contributed by atoms with E-state index in [1.54, 1.807) is 0 Å². The Balaban J connectivity index is 1.89. The van der Waals surface area contributed by atoms with Gasteiger partial charge in [0.2, 0.25) is 11.8 Å². The molecule has 0 aromatic heterocycles. The predicted molar refractivity (Wildman–Crippen MR) is 90.9 cm³/mol. The second-order valence-electron chi connectivity index (χ2n) is 6.42. The molecule has 23 heavy (non-hydrogen) atoms. The van der Waals surface area contributed by atoms with Crippen molar-refractivity contribution >= 4 is 23.4 Å². The van der Waals surface area contributed by atoms with Crippen molar-refractivity contribution in [2.45, 2.75) is 38.8 Å². The lowest BCUT2D eigenvalue weighted by molar-refractivity contribution is -0.127. The molecule has 2 atom stereocenters. The van der Waals surface area contributed by atoms with Crippen molar-refractivity contribution in [3.05, 3.63) is 34.9 Å². The number of benzene rings is 1. The van der Waals surface area contributed by atoms with E-state index in [-0.39, 0.29) is 30.3 Å². The SMILES string of the molecule is CC(C)[C@H](N)C(=O)NCC(=O)NC(c1ccc(Cl)cc1)C1CC1. The molecular weight excluding hydrogens is 314 g/mol. The van der Waals surface area contributed by atoms with Crippen LogP contribution in [0.5, 0.6) is 0 Å². The second kappa shape index (κ2) is 7.79. The fourth-order valence-corrected chi connectivity index (χ4v) is 2.51. The Bertz CT molecular complexity index is 555. The van der Waals surface area contributed by atoms with Crippen molar-refractivity contribution in [3.63, 3.8) is 0 Å². The number of carbonyl (C=O) groups excluding carboxylic acids is 2. The maximum absolute atomic E-state index is 12.1. The highest BCUT2D eigenvalue weighted by atomic mass is 35.5.